The highest BCUT2D eigenvalue weighted by Gasteiger charge is 2.33. The molecule has 2 aliphatic rings. The second-order valence-corrected chi connectivity index (χ2v) is 6.45. The molecule has 0 aliphatic heterocycles. The number of rotatable bonds is 6. The van der Waals surface area contributed by atoms with Crippen LogP contribution >= 0.6 is 0 Å². The molecule has 0 spiro atoms. The van der Waals surface area contributed by atoms with Crippen LogP contribution in [0.3, 0.4) is 0 Å². The number of hydrogen-bond acceptors (Lipinski definition) is 2. The number of amides is 1. The second-order valence-electron chi connectivity index (χ2n) is 6.45. The maximum atomic E-state index is 11.9. The van der Waals surface area contributed by atoms with Crippen LogP contribution in [0.1, 0.15) is 70.6 Å². The minimum Gasteiger partial charge on any atom is -0.481 e. The van der Waals surface area contributed by atoms with Crippen LogP contribution in [0.4, 0.5) is 0 Å². The summed E-state index contributed by atoms with van der Waals surface area (Å²) >= 11 is 0. The zero-order chi connectivity index (χ0) is 14.4. The fourth-order valence-electron chi connectivity index (χ4n) is 3.73. The zero-order valence-electron chi connectivity index (χ0n) is 12.3. The van der Waals surface area contributed by atoms with Gasteiger partial charge in [0.05, 0.1) is 5.92 Å². The van der Waals surface area contributed by atoms with Crippen molar-refractivity contribution in [3.63, 3.8) is 0 Å². The second kappa shape index (κ2) is 7.65. The van der Waals surface area contributed by atoms with Crippen molar-refractivity contribution in [3.8, 4) is 0 Å². The van der Waals surface area contributed by atoms with Crippen molar-refractivity contribution in [2.24, 2.45) is 11.8 Å². The lowest BCUT2D eigenvalue weighted by Gasteiger charge is -2.21. The molecular weight excluding hydrogens is 254 g/mol. The van der Waals surface area contributed by atoms with Gasteiger partial charge in [-0.2, -0.15) is 0 Å². The number of nitrogens with one attached hydrogen (secondary N) is 1. The van der Waals surface area contributed by atoms with Gasteiger partial charge in [-0.05, 0) is 31.6 Å². The maximum Gasteiger partial charge on any atom is 0.308 e. The summed E-state index contributed by atoms with van der Waals surface area (Å²) in [6, 6.07) is -0.144. The third-order valence-electron chi connectivity index (χ3n) is 4.92. The highest BCUT2D eigenvalue weighted by atomic mass is 16.4. The minimum absolute atomic E-state index is 0.0407. The van der Waals surface area contributed by atoms with Gasteiger partial charge in [0.2, 0.25) is 5.91 Å². The number of carboxylic acid groups (broad SMARTS) is 1. The van der Waals surface area contributed by atoms with Crippen LogP contribution in [0.5, 0.6) is 0 Å². The molecule has 0 bridgehead atoms. The maximum absolute atomic E-state index is 11.9. The van der Waals surface area contributed by atoms with Gasteiger partial charge in [-0.25, -0.2) is 0 Å². The van der Waals surface area contributed by atoms with Gasteiger partial charge in [-0.15, -0.1) is 0 Å². The third-order valence-corrected chi connectivity index (χ3v) is 4.92. The van der Waals surface area contributed by atoms with E-state index in [1.165, 1.54) is 32.1 Å². The fourth-order valence-corrected chi connectivity index (χ4v) is 3.73. The number of hydrogen-bond donors (Lipinski definition) is 2. The summed E-state index contributed by atoms with van der Waals surface area (Å²) in [5.74, 6) is -0.291. The highest BCUT2D eigenvalue weighted by molar-refractivity contribution is 5.78. The Morgan fingerprint density at radius 1 is 1.00 bits per heavy atom. The molecule has 2 aliphatic carbocycles. The van der Waals surface area contributed by atoms with Crippen LogP contribution in [0.25, 0.3) is 0 Å². The highest BCUT2D eigenvalue weighted by Crippen LogP contribution is 2.28. The molecule has 2 unspecified atom stereocenters. The van der Waals surface area contributed by atoms with Crippen molar-refractivity contribution >= 4 is 11.9 Å². The van der Waals surface area contributed by atoms with Gasteiger partial charge in [-0.3, -0.25) is 9.59 Å². The van der Waals surface area contributed by atoms with E-state index in [-0.39, 0.29) is 17.9 Å². The van der Waals surface area contributed by atoms with E-state index in [0.717, 1.165) is 31.6 Å². The Hall–Kier alpha value is -1.06. The Morgan fingerprint density at radius 2 is 1.75 bits per heavy atom. The number of carbonyl (C=O) groups is 2. The van der Waals surface area contributed by atoms with Crippen LogP contribution in [-0.2, 0) is 9.59 Å². The lowest BCUT2D eigenvalue weighted by atomic mass is 9.86. The van der Waals surface area contributed by atoms with E-state index in [1.54, 1.807) is 0 Å². The van der Waals surface area contributed by atoms with Crippen molar-refractivity contribution in [1.82, 2.24) is 5.32 Å². The Balaban J connectivity index is 1.63. The first-order valence-electron chi connectivity index (χ1n) is 8.19. The third kappa shape index (κ3) is 4.50. The van der Waals surface area contributed by atoms with Crippen molar-refractivity contribution in [3.05, 3.63) is 0 Å². The Bertz CT molecular complexity index is 337. The molecule has 0 aromatic heterocycles. The summed E-state index contributed by atoms with van der Waals surface area (Å²) in [5.41, 5.74) is 0. The summed E-state index contributed by atoms with van der Waals surface area (Å²) in [5, 5.41) is 12.0. The predicted octanol–water partition coefficient (Wildman–Crippen LogP) is 3.11. The lowest BCUT2D eigenvalue weighted by Crippen LogP contribution is -2.40. The summed E-state index contributed by atoms with van der Waals surface area (Å²) < 4.78 is 0. The van der Waals surface area contributed by atoms with Gasteiger partial charge in [0.25, 0.3) is 0 Å². The van der Waals surface area contributed by atoms with E-state index in [0.29, 0.717) is 12.8 Å². The van der Waals surface area contributed by atoms with Crippen LogP contribution in [-0.4, -0.2) is 23.0 Å². The first-order chi connectivity index (χ1) is 9.66. The zero-order valence-corrected chi connectivity index (χ0v) is 12.3. The van der Waals surface area contributed by atoms with E-state index >= 15 is 0 Å². The van der Waals surface area contributed by atoms with Gasteiger partial charge in [0.15, 0.2) is 0 Å². The van der Waals surface area contributed by atoms with Crippen LogP contribution in [0.15, 0.2) is 0 Å². The number of carbonyl (C=O) groups excluding carboxylic acids is 1. The molecule has 2 atom stereocenters. The molecule has 0 aromatic carbocycles. The number of carboxylic acids is 1. The molecule has 1 amide bonds. The lowest BCUT2D eigenvalue weighted by molar-refractivity contribution is -0.142. The van der Waals surface area contributed by atoms with Crippen molar-refractivity contribution in [2.45, 2.75) is 76.7 Å². The van der Waals surface area contributed by atoms with E-state index in [9.17, 15) is 9.59 Å². The Morgan fingerprint density at radius 3 is 2.45 bits per heavy atom. The number of aliphatic carboxylic acids is 1. The van der Waals surface area contributed by atoms with E-state index in [4.69, 9.17) is 5.11 Å². The summed E-state index contributed by atoms with van der Waals surface area (Å²) in [7, 11) is 0. The van der Waals surface area contributed by atoms with Gasteiger partial charge in [0, 0.05) is 12.5 Å². The van der Waals surface area contributed by atoms with Gasteiger partial charge in [0.1, 0.15) is 0 Å². The average Bonchev–Trinajstić information content (AvgIpc) is 2.88. The SMILES string of the molecule is O=C(CCCC1CCCCC1)NC1CCCC1C(=O)O. The molecule has 20 heavy (non-hydrogen) atoms. The van der Waals surface area contributed by atoms with Crippen LogP contribution in [0.2, 0.25) is 0 Å². The topological polar surface area (TPSA) is 66.4 Å². The molecule has 114 valence electrons. The molecule has 2 N–H and O–H groups in total. The molecule has 4 heteroatoms. The molecule has 4 nitrogen and oxygen atoms in total. The largest absolute Gasteiger partial charge is 0.481 e. The minimum atomic E-state index is -0.769. The van der Waals surface area contributed by atoms with Crippen LogP contribution < -0.4 is 5.32 Å². The smallest absolute Gasteiger partial charge is 0.308 e. The Labute approximate surface area is 121 Å². The van der Waals surface area contributed by atoms with E-state index in [1.807, 2.05) is 0 Å². The molecule has 0 saturated heterocycles. The van der Waals surface area contributed by atoms with Gasteiger partial charge < -0.3 is 10.4 Å². The molecule has 0 radical (unpaired) electrons. The first-order valence-corrected chi connectivity index (χ1v) is 8.19. The van der Waals surface area contributed by atoms with Crippen molar-refractivity contribution in [2.75, 3.05) is 0 Å². The van der Waals surface area contributed by atoms with E-state index in [2.05, 4.69) is 5.32 Å². The van der Waals surface area contributed by atoms with Crippen molar-refractivity contribution < 1.29 is 14.7 Å². The van der Waals surface area contributed by atoms with Crippen LogP contribution in [0, 0.1) is 11.8 Å². The molecule has 0 aromatic rings. The fraction of sp³-hybridized carbons (Fsp3) is 0.875. The molecule has 2 saturated carbocycles. The van der Waals surface area contributed by atoms with Gasteiger partial charge in [-0.1, -0.05) is 38.5 Å². The average molecular weight is 281 g/mol. The summed E-state index contributed by atoms with van der Waals surface area (Å²) in [6.45, 7) is 0. The standard InChI is InChI=1S/C16H27NO3/c18-15(11-4-8-12-6-2-1-3-7-12)17-14-10-5-9-13(14)16(19)20/h12-14H,1-11H2,(H,17,18)(H,19,20). The molecule has 0 heterocycles. The molecular formula is C16H27NO3. The summed E-state index contributed by atoms with van der Waals surface area (Å²) in [6.07, 6.45) is 11.8. The molecule has 2 rings (SSSR count). The first kappa shape index (κ1) is 15.3. The van der Waals surface area contributed by atoms with E-state index < -0.39 is 5.97 Å². The van der Waals surface area contributed by atoms with Gasteiger partial charge >= 0.3 is 5.97 Å². The molecule has 2 fully saturated rings. The predicted molar refractivity (Wildman–Crippen MR) is 77.3 cm³/mol. The Kier molecular flexibility index (Phi) is 5.86. The normalized spacial score (nSPS) is 27.4. The quantitative estimate of drug-likeness (QED) is 0.786. The van der Waals surface area contributed by atoms with Crippen molar-refractivity contribution in [1.29, 1.82) is 0 Å². The monoisotopic (exact) mass is 281 g/mol. The summed E-state index contributed by atoms with van der Waals surface area (Å²) in [4.78, 5) is 23.0.